The van der Waals surface area contributed by atoms with Gasteiger partial charge in [0.15, 0.2) is 5.96 Å². The zero-order chi connectivity index (χ0) is 16.7. The van der Waals surface area contributed by atoms with Gasteiger partial charge in [-0.15, -0.1) is 0 Å². The van der Waals surface area contributed by atoms with Crippen molar-refractivity contribution in [3.05, 3.63) is 53.3 Å². The minimum atomic E-state index is 0.433. The zero-order valence-corrected chi connectivity index (χ0v) is 14.5. The quantitative estimate of drug-likeness (QED) is 0.636. The fraction of sp³-hybridized carbons (Fsp3) is 0.444. The average molecular weight is 313 g/mol. The van der Waals surface area contributed by atoms with E-state index in [9.17, 15) is 0 Å². The lowest BCUT2D eigenvalue weighted by molar-refractivity contribution is 0.595. The summed E-state index contributed by atoms with van der Waals surface area (Å²) in [6, 6.07) is 8.65. The van der Waals surface area contributed by atoms with Gasteiger partial charge in [-0.25, -0.2) is 0 Å². The van der Waals surface area contributed by atoms with E-state index < -0.39 is 0 Å². The monoisotopic (exact) mass is 313 g/mol. The van der Waals surface area contributed by atoms with Crippen LogP contribution in [0.15, 0.2) is 41.7 Å². The molecule has 0 radical (unpaired) electrons. The number of nitrogens with one attached hydrogen (secondary N) is 2. The largest absolute Gasteiger partial charge is 0.356 e. The van der Waals surface area contributed by atoms with E-state index in [1.54, 1.807) is 7.05 Å². The summed E-state index contributed by atoms with van der Waals surface area (Å²) in [6.07, 6.45) is 3.91. The summed E-state index contributed by atoms with van der Waals surface area (Å²) in [5.74, 6) is 1.26. The molecule has 0 amide bonds. The number of nitrogens with zero attached hydrogens (tertiary/aromatic N) is 3. The fourth-order valence-electron chi connectivity index (χ4n) is 2.44. The van der Waals surface area contributed by atoms with E-state index in [2.05, 4.69) is 58.8 Å². The molecule has 1 unspecified atom stereocenters. The number of aliphatic imine (C=N–C) groups is 1. The highest BCUT2D eigenvalue weighted by Crippen LogP contribution is 2.15. The first kappa shape index (κ1) is 17.1. The van der Waals surface area contributed by atoms with Crippen LogP contribution in [0.4, 0.5) is 0 Å². The molecule has 0 aliphatic carbocycles. The van der Waals surface area contributed by atoms with Gasteiger partial charge in [0, 0.05) is 26.3 Å². The van der Waals surface area contributed by atoms with Crippen LogP contribution in [0.1, 0.15) is 29.5 Å². The molecular formula is C18H27N5. The number of aryl methyl sites for hydroxylation is 2. The molecule has 0 fully saturated rings. The van der Waals surface area contributed by atoms with Gasteiger partial charge in [-0.05, 0) is 30.9 Å². The van der Waals surface area contributed by atoms with Crippen molar-refractivity contribution >= 4 is 5.96 Å². The van der Waals surface area contributed by atoms with E-state index in [0.29, 0.717) is 5.92 Å². The molecule has 0 saturated carbocycles. The van der Waals surface area contributed by atoms with Crippen molar-refractivity contribution in [2.24, 2.45) is 4.99 Å². The Morgan fingerprint density at radius 1 is 1.26 bits per heavy atom. The topological polar surface area (TPSA) is 54.2 Å². The number of hydrogen-bond donors (Lipinski definition) is 2. The predicted octanol–water partition coefficient (Wildman–Crippen LogP) is 2.47. The van der Waals surface area contributed by atoms with Crippen LogP contribution >= 0.6 is 0 Å². The zero-order valence-electron chi connectivity index (χ0n) is 14.5. The molecule has 0 spiro atoms. The molecular weight excluding hydrogens is 286 g/mol. The van der Waals surface area contributed by atoms with Crippen molar-refractivity contribution in [2.45, 2.75) is 33.2 Å². The summed E-state index contributed by atoms with van der Waals surface area (Å²) in [4.78, 5) is 4.27. The van der Waals surface area contributed by atoms with E-state index in [0.717, 1.165) is 25.6 Å². The van der Waals surface area contributed by atoms with Crippen molar-refractivity contribution < 1.29 is 0 Å². The average Bonchev–Trinajstić information content (AvgIpc) is 2.95. The molecule has 0 aliphatic heterocycles. The minimum absolute atomic E-state index is 0.433. The molecule has 2 rings (SSSR count). The van der Waals surface area contributed by atoms with Gasteiger partial charge in [0.25, 0.3) is 0 Å². The highest BCUT2D eigenvalue weighted by molar-refractivity contribution is 5.79. The lowest BCUT2D eigenvalue weighted by Gasteiger charge is -2.16. The van der Waals surface area contributed by atoms with E-state index in [4.69, 9.17) is 0 Å². The lowest BCUT2D eigenvalue weighted by Crippen LogP contribution is -2.40. The van der Waals surface area contributed by atoms with Crippen LogP contribution in [0.2, 0.25) is 0 Å². The van der Waals surface area contributed by atoms with Crippen molar-refractivity contribution in [1.29, 1.82) is 0 Å². The highest BCUT2D eigenvalue weighted by Gasteiger charge is 2.06. The normalized spacial score (nSPS) is 13.0. The Morgan fingerprint density at radius 2 is 2.09 bits per heavy atom. The van der Waals surface area contributed by atoms with Crippen molar-refractivity contribution in [2.75, 3.05) is 20.1 Å². The number of aromatic nitrogens is 2. The molecule has 5 nitrogen and oxygen atoms in total. The molecule has 1 heterocycles. The molecule has 0 aliphatic rings. The Hall–Kier alpha value is -2.30. The van der Waals surface area contributed by atoms with Crippen LogP contribution in [0.3, 0.4) is 0 Å². The second-order valence-corrected chi connectivity index (χ2v) is 5.98. The second kappa shape index (κ2) is 8.36. The standard InChI is InChI=1S/C18H27N5/c1-14-6-5-7-17(10-14)16(3)12-21-18(19-4)20-8-9-23-13-15(2)11-22-23/h5-7,10-11,13,16H,8-9,12H2,1-4H3,(H2,19,20,21). The van der Waals surface area contributed by atoms with E-state index in [-0.39, 0.29) is 0 Å². The van der Waals surface area contributed by atoms with Gasteiger partial charge in [0.1, 0.15) is 0 Å². The number of benzene rings is 1. The Morgan fingerprint density at radius 3 is 2.74 bits per heavy atom. The summed E-state index contributed by atoms with van der Waals surface area (Å²) >= 11 is 0. The third-order valence-electron chi connectivity index (χ3n) is 3.81. The summed E-state index contributed by atoms with van der Waals surface area (Å²) < 4.78 is 1.94. The van der Waals surface area contributed by atoms with Crippen LogP contribution in [0.5, 0.6) is 0 Å². The Balaban J connectivity index is 1.76. The van der Waals surface area contributed by atoms with Crippen molar-refractivity contribution in [3.8, 4) is 0 Å². The van der Waals surface area contributed by atoms with Gasteiger partial charge < -0.3 is 10.6 Å². The SMILES string of the molecule is CN=C(NCCn1cc(C)cn1)NCC(C)c1cccc(C)c1. The lowest BCUT2D eigenvalue weighted by atomic mass is 9.99. The van der Waals surface area contributed by atoms with Crippen LogP contribution in [0.25, 0.3) is 0 Å². The van der Waals surface area contributed by atoms with Gasteiger partial charge in [-0.3, -0.25) is 9.67 Å². The Bertz CT molecular complexity index is 644. The molecule has 23 heavy (non-hydrogen) atoms. The highest BCUT2D eigenvalue weighted by atomic mass is 15.3. The first-order valence-corrected chi connectivity index (χ1v) is 8.08. The smallest absolute Gasteiger partial charge is 0.191 e. The second-order valence-electron chi connectivity index (χ2n) is 5.98. The first-order valence-electron chi connectivity index (χ1n) is 8.08. The van der Waals surface area contributed by atoms with E-state index >= 15 is 0 Å². The van der Waals surface area contributed by atoms with Crippen molar-refractivity contribution in [3.63, 3.8) is 0 Å². The third kappa shape index (κ3) is 5.43. The summed E-state index contributed by atoms with van der Waals surface area (Å²) in [7, 11) is 1.80. The number of rotatable bonds is 6. The molecule has 1 atom stereocenters. The molecule has 2 N–H and O–H groups in total. The molecule has 0 bridgehead atoms. The maximum Gasteiger partial charge on any atom is 0.191 e. The fourth-order valence-corrected chi connectivity index (χ4v) is 2.44. The van der Waals surface area contributed by atoms with Crippen LogP contribution in [-0.4, -0.2) is 35.9 Å². The molecule has 124 valence electrons. The van der Waals surface area contributed by atoms with Gasteiger partial charge >= 0.3 is 0 Å². The van der Waals surface area contributed by atoms with Crippen molar-refractivity contribution in [1.82, 2.24) is 20.4 Å². The van der Waals surface area contributed by atoms with Crippen LogP contribution in [-0.2, 0) is 6.54 Å². The van der Waals surface area contributed by atoms with Gasteiger partial charge in [0.2, 0.25) is 0 Å². The number of hydrogen-bond acceptors (Lipinski definition) is 2. The third-order valence-corrected chi connectivity index (χ3v) is 3.81. The molecule has 1 aromatic heterocycles. The van der Waals surface area contributed by atoms with E-state index in [1.165, 1.54) is 16.7 Å². The number of guanidine groups is 1. The molecule has 0 saturated heterocycles. The molecule has 2 aromatic rings. The van der Waals surface area contributed by atoms with Gasteiger partial charge in [-0.2, -0.15) is 5.10 Å². The predicted molar refractivity (Wildman–Crippen MR) is 95.9 cm³/mol. The summed E-state index contributed by atoms with van der Waals surface area (Å²) in [6.45, 7) is 8.86. The maximum atomic E-state index is 4.28. The van der Waals surface area contributed by atoms with Gasteiger partial charge in [-0.1, -0.05) is 36.8 Å². The maximum absolute atomic E-state index is 4.28. The van der Waals surface area contributed by atoms with Crippen LogP contribution < -0.4 is 10.6 Å². The molecule has 1 aromatic carbocycles. The van der Waals surface area contributed by atoms with Crippen LogP contribution in [0, 0.1) is 13.8 Å². The Kier molecular flexibility index (Phi) is 6.20. The summed E-state index contributed by atoms with van der Waals surface area (Å²) in [5.41, 5.74) is 3.82. The molecule has 5 heteroatoms. The Labute approximate surface area is 138 Å². The van der Waals surface area contributed by atoms with E-state index in [1.807, 2.05) is 24.0 Å². The minimum Gasteiger partial charge on any atom is -0.356 e. The van der Waals surface area contributed by atoms with Gasteiger partial charge in [0.05, 0.1) is 12.7 Å². The first-order chi connectivity index (χ1) is 11.1. The summed E-state index contributed by atoms with van der Waals surface area (Å²) in [5, 5.41) is 11.0.